The molecule has 34 heavy (non-hydrogen) atoms. The summed E-state index contributed by atoms with van der Waals surface area (Å²) in [6.07, 6.45) is -1.37. The molecule has 2 amide bonds. The molecule has 2 atom stereocenters. The van der Waals surface area contributed by atoms with E-state index in [0.29, 0.717) is 19.8 Å². The predicted octanol–water partition coefficient (Wildman–Crippen LogP) is 2.73. The predicted molar refractivity (Wildman–Crippen MR) is 126 cm³/mol. The van der Waals surface area contributed by atoms with Crippen molar-refractivity contribution < 1.29 is 50.9 Å². The average molecular weight is 501 g/mol. The Labute approximate surface area is 205 Å². The first-order valence-corrected chi connectivity index (χ1v) is 11.0. The van der Waals surface area contributed by atoms with Crippen molar-refractivity contribution >= 4 is 24.1 Å². The molecule has 0 aliphatic heterocycles. The van der Waals surface area contributed by atoms with Crippen LogP contribution in [0.3, 0.4) is 0 Å². The number of ether oxygens (including phenoxy) is 5. The van der Waals surface area contributed by atoms with E-state index in [2.05, 4.69) is 10.6 Å². The molecule has 0 fully saturated rings. The van der Waals surface area contributed by atoms with Gasteiger partial charge in [-0.25, -0.2) is 14.4 Å². The van der Waals surface area contributed by atoms with Crippen molar-refractivity contribution in [3.05, 3.63) is 0 Å². The summed E-state index contributed by atoms with van der Waals surface area (Å²) in [6, 6.07) is -1.71. The molecule has 12 nitrogen and oxygen atoms in total. The highest BCUT2D eigenvalue weighted by atomic mass is 16.6. The lowest BCUT2D eigenvalue weighted by atomic mass is 10.2. The number of carboxylic acid groups (broad SMARTS) is 1. The Balaban J connectivity index is -0.000000622. The smallest absolute Gasteiger partial charge is 0.408 e. The van der Waals surface area contributed by atoms with Crippen LogP contribution in [0.15, 0.2) is 0 Å². The van der Waals surface area contributed by atoms with Gasteiger partial charge >= 0.3 is 24.1 Å². The second-order valence-electron chi connectivity index (χ2n) is 9.05. The Bertz CT molecular complexity index is 637. The van der Waals surface area contributed by atoms with Crippen LogP contribution in [0.2, 0.25) is 0 Å². The van der Waals surface area contributed by atoms with Gasteiger partial charge in [-0.05, 0) is 62.3 Å². The zero-order valence-electron chi connectivity index (χ0n) is 23.8. The van der Waals surface area contributed by atoms with Crippen LogP contribution in [0.25, 0.3) is 0 Å². The lowest BCUT2D eigenvalue weighted by Gasteiger charge is -2.21. The van der Waals surface area contributed by atoms with Crippen LogP contribution in [-0.4, -0.2) is 85.6 Å². The van der Waals surface area contributed by atoms with Gasteiger partial charge in [0.15, 0.2) is 0 Å². The van der Waals surface area contributed by atoms with Crippen molar-refractivity contribution in [3.8, 4) is 0 Å². The molecule has 0 rings (SSSR count). The summed E-state index contributed by atoms with van der Waals surface area (Å²) in [5.41, 5.74) is -1.22. The number of hydrogen-bond donors (Lipinski definition) is 3. The van der Waals surface area contributed by atoms with Gasteiger partial charge in [-0.15, -0.1) is 0 Å². The van der Waals surface area contributed by atoms with Gasteiger partial charge in [0.25, 0.3) is 0 Å². The van der Waals surface area contributed by atoms with Crippen molar-refractivity contribution in [1.29, 1.82) is 0 Å². The van der Waals surface area contributed by atoms with Gasteiger partial charge in [-0.1, -0.05) is 0 Å². The second-order valence-corrected chi connectivity index (χ2v) is 9.05. The van der Waals surface area contributed by atoms with Crippen LogP contribution in [0.5, 0.6) is 0 Å². The summed E-state index contributed by atoms with van der Waals surface area (Å²) in [5, 5.41) is 13.0. The first-order chi connectivity index (χ1) is 16.5. The lowest BCUT2D eigenvalue weighted by molar-refractivity contribution is -0.147. The first-order valence-electron chi connectivity index (χ1n) is 12.0. The summed E-state index contributed by atoms with van der Waals surface area (Å²) < 4.78 is 35.1. The minimum Gasteiger partial charge on any atom is -0.480 e. The molecule has 12 heteroatoms. The summed E-state index contributed by atoms with van der Waals surface area (Å²) in [4.78, 5) is 44.4. The summed E-state index contributed by atoms with van der Waals surface area (Å²) >= 11 is 0. The zero-order chi connectivity index (χ0) is 28.9. The van der Waals surface area contributed by atoms with Gasteiger partial charge in [-0.3, -0.25) is 4.79 Å². The van der Waals surface area contributed by atoms with E-state index in [4.69, 9.17) is 31.8 Å². The van der Waals surface area contributed by atoms with E-state index in [1.807, 2.05) is 6.92 Å². The van der Waals surface area contributed by atoms with Crippen LogP contribution >= 0.6 is 0 Å². The number of carboxylic acids is 1. The van der Waals surface area contributed by atoms with E-state index in [0.717, 1.165) is 0 Å². The Kier molecular flexibility index (Phi) is 15.6. The van der Waals surface area contributed by atoms with E-state index in [1.54, 1.807) is 41.5 Å². The lowest BCUT2D eigenvalue weighted by Crippen LogP contribution is -2.42. The van der Waals surface area contributed by atoms with Crippen molar-refractivity contribution in [3.63, 3.8) is 0 Å². The van der Waals surface area contributed by atoms with E-state index < -0.39 is 47.4 Å². The van der Waals surface area contributed by atoms with Crippen molar-refractivity contribution in [2.24, 2.45) is 0 Å². The fourth-order valence-electron chi connectivity index (χ4n) is 1.78. The molecule has 0 aromatic heterocycles. The molecule has 0 saturated heterocycles. The number of esters is 1. The molecular weight excluding hydrogens is 452 g/mol. The molecule has 0 aromatic rings. The monoisotopic (exact) mass is 500 g/mol. The van der Waals surface area contributed by atoms with Crippen LogP contribution in [-0.2, 0) is 33.3 Å². The Morgan fingerprint density at radius 1 is 0.794 bits per heavy atom. The molecule has 202 valence electrons. The Morgan fingerprint density at radius 2 is 1.21 bits per heavy atom. The molecule has 0 heterocycles. The average Bonchev–Trinajstić information content (AvgIpc) is 2.71. The molecule has 0 bridgehead atoms. The molecule has 0 spiro atoms. The maximum atomic E-state index is 11.6. The Hall–Kier alpha value is -2.60. The van der Waals surface area contributed by atoms with E-state index in [-0.39, 0.29) is 13.2 Å². The zero-order valence-corrected chi connectivity index (χ0v) is 21.8. The molecule has 0 saturated carbocycles. The third kappa shape index (κ3) is 22.6. The Morgan fingerprint density at radius 3 is 1.62 bits per heavy atom. The highest BCUT2D eigenvalue weighted by molar-refractivity contribution is 5.81. The summed E-state index contributed by atoms with van der Waals surface area (Å²) in [5.74, 6) is -1.62. The number of hydrogen-bond acceptors (Lipinski definition) is 9. The van der Waals surface area contributed by atoms with Gasteiger partial charge in [0.05, 0.1) is 19.8 Å². The fraction of sp³-hybridized carbons (Fsp3) is 0.818. The third-order valence-corrected chi connectivity index (χ3v) is 3.24. The molecule has 0 unspecified atom stereocenters. The van der Waals surface area contributed by atoms with Gasteiger partial charge in [0.2, 0.25) is 0 Å². The van der Waals surface area contributed by atoms with Crippen LogP contribution in [0.4, 0.5) is 9.59 Å². The SMILES string of the molecule is CCOCCOCCOC(=O)[C@H](C)NC(=O)OC(C)(C)C.C[C@H](NC(=O)OC(C)(C)C)C(=O)O.[3H][3H]. The maximum Gasteiger partial charge on any atom is 0.408 e. The standard InChI is InChI=1S/C14H27NO6.C8H15NO4.H2/c1-6-18-7-8-19-9-10-20-12(16)11(2)15-13(17)21-14(3,4)5;1-5(6(10)11)9-7(12)13-8(2,3)4;/h11H,6-10H2,1-5H3,(H,15,17);5H,1-4H3,(H,9,12)(H,10,11);1H/t11-;5-;/m00./s1/i;;1+2T. The highest BCUT2D eigenvalue weighted by Crippen LogP contribution is 2.07. The molecule has 0 radical (unpaired) electrons. The highest BCUT2D eigenvalue weighted by Gasteiger charge is 2.22. The molecule has 0 aliphatic rings. The van der Waals surface area contributed by atoms with Crippen LogP contribution in [0, 0.1) is 0 Å². The first kappa shape index (κ1) is 31.4. The number of aliphatic carboxylic acids is 1. The molecular formula is C22H44N2O10. The van der Waals surface area contributed by atoms with Crippen LogP contribution in [0.1, 0.15) is 65.3 Å². The number of carbonyl (C=O) groups is 4. The molecule has 0 aromatic carbocycles. The summed E-state index contributed by atoms with van der Waals surface area (Å²) in [7, 11) is 0. The van der Waals surface area contributed by atoms with Crippen molar-refractivity contribution in [2.45, 2.75) is 85.6 Å². The number of nitrogens with one attached hydrogen (secondary N) is 2. The number of rotatable bonds is 11. The van der Waals surface area contributed by atoms with E-state index >= 15 is 0 Å². The third-order valence-electron chi connectivity index (χ3n) is 3.24. The van der Waals surface area contributed by atoms with Gasteiger partial charge in [0, 0.05) is 9.58 Å². The van der Waals surface area contributed by atoms with Gasteiger partial charge < -0.3 is 39.4 Å². The normalized spacial score (nSPS) is 13.1. The topological polar surface area (TPSA) is 159 Å². The molecule has 0 aliphatic carbocycles. The largest absolute Gasteiger partial charge is 0.480 e. The quantitative estimate of drug-likeness (QED) is 0.219. The second kappa shape index (κ2) is 16.9. The summed E-state index contributed by atoms with van der Waals surface area (Å²) in [6.45, 7) is 17.2. The van der Waals surface area contributed by atoms with E-state index in [1.165, 1.54) is 13.8 Å². The van der Waals surface area contributed by atoms with Crippen molar-refractivity contribution in [1.82, 2.24) is 10.6 Å². The maximum absolute atomic E-state index is 11.6. The number of alkyl carbamates (subject to hydrolysis) is 2. The van der Waals surface area contributed by atoms with E-state index in [9.17, 15) is 19.2 Å². The fourth-order valence-corrected chi connectivity index (χ4v) is 1.78. The van der Waals surface area contributed by atoms with Gasteiger partial charge in [-0.2, -0.15) is 0 Å². The minimum atomic E-state index is -1.09. The number of carbonyl (C=O) groups excluding carboxylic acids is 3. The van der Waals surface area contributed by atoms with Crippen molar-refractivity contribution in [2.75, 3.05) is 33.0 Å². The molecule has 3 N–H and O–H groups in total. The number of amides is 2. The van der Waals surface area contributed by atoms with Crippen LogP contribution < -0.4 is 10.6 Å². The van der Waals surface area contributed by atoms with Gasteiger partial charge in [0.1, 0.15) is 29.9 Å². The minimum absolute atomic E-state index is 0.130.